The molecule has 1 aliphatic rings. The first-order chi connectivity index (χ1) is 15.5. The molecule has 0 unspecified atom stereocenters. The average Bonchev–Trinajstić information content (AvgIpc) is 2.80. The number of hydrogen-bond donors (Lipinski definition) is 2. The molecule has 1 fully saturated rings. The number of amides is 1. The van der Waals surface area contributed by atoms with Crippen LogP contribution < -0.4 is 15.4 Å². The van der Waals surface area contributed by atoms with Crippen molar-refractivity contribution in [2.75, 3.05) is 11.9 Å². The van der Waals surface area contributed by atoms with Gasteiger partial charge in [0.15, 0.2) is 5.11 Å². The molecule has 1 amide bonds. The fraction of sp³-hybridized carbons (Fsp3) is 0.400. The highest BCUT2D eigenvalue weighted by Gasteiger charge is 2.18. The zero-order valence-electron chi connectivity index (χ0n) is 18.4. The molecule has 3 rings (SSSR count). The predicted molar refractivity (Wildman–Crippen MR) is 129 cm³/mol. The zero-order valence-corrected chi connectivity index (χ0v) is 19.2. The van der Waals surface area contributed by atoms with Gasteiger partial charge in [-0.15, -0.1) is 0 Å². The van der Waals surface area contributed by atoms with Crippen LogP contribution in [-0.2, 0) is 4.74 Å². The average molecular weight is 455 g/mol. The van der Waals surface area contributed by atoms with Gasteiger partial charge < -0.3 is 14.8 Å². The minimum atomic E-state index is -0.310. The number of hydrogen-bond acceptors (Lipinski definition) is 5. The summed E-state index contributed by atoms with van der Waals surface area (Å²) in [5, 5.41) is 5.79. The van der Waals surface area contributed by atoms with E-state index in [9.17, 15) is 9.59 Å². The molecule has 0 saturated heterocycles. The molecular formula is C25H30N2O4S. The van der Waals surface area contributed by atoms with Crippen molar-refractivity contribution in [1.29, 1.82) is 0 Å². The molecule has 1 saturated carbocycles. The van der Waals surface area contributed by atoms with E-state index in [0.29, 0.717) is 23.4 Å². The highest BCUT2D eigenvalue weighted by Crippen LogP contribution is 2.22. The van der Waals surface area contributed by atoms with E-state index in [4.69, 9.17) is 21.7 Å². The lowest BCUT2D eigenvalue weighted by molar-refractivity contribution is 0.0211. The summed E-state index contributed by atoms with van der Waals surface area (Å²) in [4.78, 5) is 24.7. The van der Waals surface area contributed by atoms with Gasteiger partial charge >= 0.3 is 5.97 Å². The number of rotatable bonds is 8. The van der Waals surface area contributed by atoms with Crippen LogP contribution >= 0.6 is 12.2 Å². The second-order valence-corrected chi connectivity index (χ2v) is 8.29. The number of esters is 1. The summed E-state index contributed by atoms with van der Waals surface area (Å²) in [6.07, 6.45) is 7.39. The fourth-order valence-electron chi connectivity index (χ4n) is 3.47. The minimum absolute atomic E-state index is 0.0220. The Hall–Kier alpha value is -2.93. The van der Waals surface area contributed by atoms with Crippen molar-refractivity contribution >= 4 is 34.9 Å². The van der Waals surface area contributed by atoms with Crippen molar-refractivity contribution in [2.45, 2.75) is 58.0 Å². The first-order valence-corrected chi connectivity index (χ1v) is 11.6. The molecule has 0 spiro atoms. The summed E-state index contributed by atoms with van der Waals surface area (Å²) < 4.78 is 11.2. The van der Waals surface area contributed by atoms with Gasteiger partial charge in [0.25, 0.3) is 5.91 Å². The summed E-state index contributed by atoms with van der Waals surface area (Å²) >= 11 is 5.24. The lowest BCUT2D eigenvalue weighted by Crippen LogP contribution is -2.34. The van der Waals surface area contributed by atoms with Gasteiger partial charge in [0, 0.05) is 11.3 Å². The monoisotopic (exact) mass is 454 g/mol. The summed E-state index contributed by atoms with van der Waals surface area (Å²) in [5.41, 5.74) is 1.65. The third kappa shape index (κ3) is 7.34. The Balaban J connectivity index is 1.46. The Morgan fingerprint density at radius 2 is 1.62 bits per heavy atom. The molecule has 0 atom stereocenters. The summed E-state index contributed by atoms with van der Waals surface area (Å²) in [5.74, 6) is 0.120. The molecule has 2 aromatic rings. The topological polar surface area (TPSA) is 76.7 Å². The fourth-order valence-corrected chi connectivity index (χ4v) is 3.68. The van der Waals surface area contributed by atoms with Crippen molar-refractivity contribution in [3.63, 3.8) is 0 Å². The first-order valence-electron chi connectivity index (χ1n) is 11.2. The van der Waals surface area contributed by atoms with Gasteiger partial charge in [-0.25, -0.2) is 4.79 Å². The molecule has 0 bridgehead atoms. The molecule has 2 N–H and O–H groups in total. The molecule has 0 aromatic heterocycles. The normalized spacial score (nSPS) is 13.8. The van der Waals surface area contributed by atoms with Crippen LogP contribution in [0.15, 0.2) is 48.5 Å². The molecule has 0 radical (unpaired) electrons. The molecule has 0 aliphatic heterocycles. The molecular weight excluding hydrogens is 424 g/mol. The van der Waals surface area contributed by atoms with E-state index in [-0.39, 0.29) is 23.1 Å². The predicted octanol–water partition coefficient (Wildman–Crippen LogP) is 5.48. The highest BCUT2D eigenvalue weighted by molar-refractivity contribution is 7.80. The summed E-state index contributed by atoms with van der Waals surface area (Å²) in [6, 6.07) is 13.8. The van der Waals surface area contributed by atoms with Crippen molar-refractivity contribution in [3.05, 3.63) is 59.7 Å². The number of anilines is 1. The van der Waals surface area contributed by atoms with Crippen molar-refractivity contribution in [1.82, 2.24) is 5.32 Å². The van der Waals surface area contributed by atoms with Crippen molar-refractivity contribution < 1.29 is 19.1 Å². The highest BCUT2D eigenvalue weighted by atomic mass is 32.1. The summed E-state index contributed by atoms with van der Waals surface area (Å²) in [7, 11) is 0. The maximum Gasteiger partial charge on any atom is 0.338 e. The van der Waals surface area contributed by atoms with Crippen molar-refractivity contribution in [2.24, 2.45) is 0 Å². The zero-order chi connectivity index (χ0) is 22.8. The van der Waals surface area contributed by atoms with E-state index in [0.717, 1.165) is 44.3 Å². The Bertz CT molecular complexity index is 907. The van der Waals surface area contributed by atoms with Gasteiger partial charge in [-0.05, 0) is 92.9 Å². The number of ether oxygens (including phenoxy) is 2. The molecule has 2 aromatic carbocycles. The third-order valence-electron chi connectivity index (χ3n) is 5.31. The van der Waals surface area contributed by atoms with E-state index >= 15 is 0 Å². The Morgan fingerprint density at radius 3 is 2.28 bits per heavy atom. The molecule has 7 heteroatoms. The maximum atomic E-state index is 12.4. The number of unbranched alkanes of at least 4 members (excludes halogenated alkanes) is 1. The smallest absolute Gasteiger partial charge is 0.338 e. The standard InChI is InChI=1S/C25H30N2O4S/c1-2-3-17-30-21-15-11-18(12-16-21)23(28)27-25(32)26-20-13-9-19(10-14-20)24(29)31-22-7-5-4-6-8-22/h9-16,22H,2-8,17H2,1H3,(H2,26,27,28,32). The third-order valence-corrected chi connectivity index (χ3v) is 5.52. The van der Waals surface area contributed by atoms with Gasteiger partial charge in [-0.3, -0.25) is 10.1 Å². The van der Waals surface area contributed by atoms with E-state index in [2.05, 4.69) is 17.6 Å². The van der Waals surface area contributed by atoms with Gasteiger partial charge in [0.05, 0.1) is 12.2 Å². The molecule has 6 nitrogen and oxygen atoms in total. The number of thiocarbonyl (C=S) groups is 1. The number of carbonyl (C=O) groups excluding carboxylic acids is 2. The van der Waals surface area contributed by atoms with Gasteiger partial charge in [0.2, 0.25) is 0 Å². The second kappa shape index (κ2) is 12.2. The minimum Gasteiger partial charge on any atom is -0.494 e. The molecule has 1 aliphatic carbocycles. The van der Waals surface area contributed by atoms with E-state index in [1.807, 2.05) is 0 Å². The van der Waals surface area contributed by atoms with Crippen LogP contribution in [0, 0.1) is 0 Å². The molecule has 170 valence electrons. The lowest BCUT2D eigenvalue weighted by atomic mass is 9.98. The first kappa shape index (κ1) is 23.7. The van der Waals surface area contributed by atoms with Crippen LogP contribution in [0.4, 0.5) is 5.69 Å². The van der Waals surface area contributed by atoms with Crippen LogP contribution in [0.25, 0.3) is 0 Å². The quantitative estimate of drug-likeness (QED) is 0.312. The Labute approximate surface area is 194 Å². The van der Waals surface area contributed by atoms with E-state index < -0.39 is 0 Å². The molecule has 32 heavy (non-hydrogen) atoms. The number of benzene rings is 2. The second-order valence-electron chi connectivity index (χ2n) is 7.88. The van der Waals surface area contributed by atoms with Crippen LogP contribution in [-0.4, -0.2) is 29.7 Å². The summed E-state index contributed by atoms with van der Waals surface area (Å²) in [6.45, 7) is 2.77. The Morgan fingerprint density at radius 1 is 0.969 bits per heavy atom. The van der Waals surface area contributed by atoms with Crippen LogP contribution in [0.1, 0.15) is 72.6 Å². The van der Waals surface area contributed by atoms with Crippen molar-refractivity contribution in [3.8, 4) is 5.75 Å². The SMILES string of the molecule is CCCCOc1ccc(C(=O)NC(=S)Nc2ccc(C(=O)OC3CCCCC3)cc2)cc1. The lowest BCUT2D eigenvalue weighted by Gasteiger charge is -2.21. The number of nitrogens with one attached hydrogen (secondary N) is 2. The van der Waals surface area contributed by atoms with Crippen LogP contribution in [0.2, 0.25) is 0 Å². The van der Waals surface area contributed by atoms with Gasteiger partial charge in [0.1, 0.15) is 11.9 Å². The van der Waals surface area contributed by atoms with Crippen LogP contribution in [0.5, 0.6) is 5.75 Å². The van der Waals surface area contributed by atoms with Crippen LogP contribution in [0.3, 0.4) is 0 Å². The molecule has 0 heterocycles. The number of carbonyl (C=O) groups is 2. The largest absolute Gasteiger partial charge is 0.494 e. The van der Waals surface area contributed by atoms with Gasteiger partial charge in [-0.2, -0.15) is 0 Å². The van der Waals surface area contributed by atoms with E-state index in [1.165, 1.54) is 6.42 Å². The maximum absolute atomic E-state index is 12.4. The van der Waals surface area contributed by atoms with Gasteiger partial charge in [-0.1, -0.05) is 19.8 Å². The Kier molecular flexibility index (Phi) is 9.04. The van der Waals surface area contributed by atoms with E-state index in [1.54, 1.807) is 48.5 Å².